The van der Waals surface area contributed by atoms with Crippen LogP contribution < -0.4 is 0 Å². The van der Waals surface area contributed by atoms with Gasteiger partial charge in [-0.05, 0) is 28.5 Å². The second-order valence-electron chi connectivity index (χ2n) is 3.14. The van der Waals surface area contributed by atoms with Crippen LogP contribution in [0.4, 0.5) is 0 Å². The molecule has 2 aromatic rings. The molecule has 0 aromatic heterocycles. The second kappa shape index (κ2) is 3.81. The fourth-order valence-corrected chi connectivity index (χ4v) is 1.80. The third-order valence-electron chi connectivity index (χ3n) is 2.19. The monoisotopic (exact) mass is 245 g/mol. The first-order chi connectivity index (χ1) is 6.83. The molecule has 0 unspecified atom stereocenters. The molecule has 2 heteroatoms. The summed E-state index contributed by atoms with van der Waals surface area (Å²) in [6.45, 7) is 0. The van der Waals surface area contributed by atoms with E-state index in [1.165, 1.54) is 10.9 Å². The molecule has 0 radical (unpaired) electrons. The minimum absolute atomic E-state index is 0.712. The summed E-state index contributed by atoms with van der Waals surface area (Å²) < 4.78 is 0. The average Bonchev–Trinajstić information content (AvgIpc) is 2.27. The second-order valence-corrected chi connectivity index (χ2v) is 3.70. The van der Waals surface area contributed by atoms with Gasteiger partial charge in [-0.2, -0.15) is 5.26 Å². The summed E-state index contributed by atoms with van der Waals surface area (Å²) in [6, 6.07) is 14.1. The van der Waals surface area contributed by atoms with Crippen LogP contribution in [-0.2, 0) is 5.33 Å². The molecule has 0 aliphatic heterocycles. The van der Waals surface area contributed by atoms with Gasteiger partial charge < -0.3 is 0 Å². The topological polar surface area (TPSA) is 23.8 Å². The van der Waals surface area contributed by atoms with Crippen molar-refractivity contribution in [3.8, 4) is 6.07 Å². The fourth-order valence-electron chi connectivity index (χ4n) is 1.45. The number of hydrogen-bond donors (Lipinski definition) is 0. The zero-order valence-corrected chi connectivity index (χ0v) is 9.08. The van der Waals surface area contributed by atoms with Crippen molar-refractivity contribution in [2.45, 2.75) is 5.33 Å². The lowest BCUT2D eigenvalue weighted by Crippen LogP contribution is -1.80. The van der Waals surface area contributed by atoms with E-state index in [1.807, 2.05) is 24.3 Å². The maximum atomic E-state index is 8.74. The minimum atomic E-state index is 0.712. The van der Waals surface area contributed by atoms with Crippen molar-refractivity contribution in [1.82, 2.24) is 0 Å². The van der Waals surface area contributed by atoms with E-state index in [-0.39, 0.29) is 0 Å². The van der Waals surface area contributed by atoms with Gasteiger partial charge in [0.15, 0.2) is 0 Å². The molecule has 0 heterocycles. The number of halogens is 1. The molecule has 0 aliphatic carbocycles. The van der Waals surface area contributed by atoms with Gasteiger partial charge in [0.25, 0.3) is 0 Å². The Labute approximate surface area is 91.1 Å². The van der Waals surface area contributed by atoms with Gasteiger partial charge in [-0.15, -0.1) is 0 Å². The SMILES string of the molecule is N#Cc1ccc2cc(CBr)ccc2c1. The zero-order chi connectivity index (χ0) is 9.97. The summed E-state index contributed by atoms with van der Waals surface area (Å²) in [7, 11) is 0. The van der Waals surface area contributed by atoms with Gasteiger partial charge in [0.2, 0.25) is 0 Å². The normalized spacial score (nSPS) is 10.0. The lowest BCUT2D eigenvalue weighted by molar-refractivity contribution is 1.46. The first-order valence-corrected chi connectivity index (χ1v) is 5.44. The first kappa shape index (κ1) is 9.23. The number of rotatable bonds is 1. The summed E-state index contributed by atoms with van der Waals surface area (Å²) in [4.78, 5) is 0. The number of fused-ring (bicyclic) bond motifs is 1. The molecule has 0 spiro atoms. The highest BCUT2D eigenvalue weighted by Gasteiger charge is 1.97. The molecule has 0 atom stereocenters. The van der Waals surface area contributed by atoms with E-state index in [2.05, 4.69) is 34.1 Å². The Hall–Kier alpha value is -1.33. The molecule has 0 amide bonds. The Bertz CT molecular complexity index is 511. The Balaban J connectivity index is 2.64. The maximum Gasteiger partial charge on any atom is 0.0991 e. The van der Waals surface area contributed by atoms with Crippen LogP contribution in [0.3, 0.4) is 0 Å². The van der Waals surface area contributed by atoms with Crippen molar-refractivity contribution in [2.75, 3.05) is 0 Å². The van der Waals surface area contributed by atoms with Crippen LogP contribution in [0.5, 0.6) is 0 Å². The van der Waals surface area contributed by atoms with Gasteiger partial charge in [-0.25, -0.2) is 0 Å². The summed E-state index contributed by atoms with van der Waals surface area (Å²) in [5.41, 5.74) is 1.96. The van der Waals surface area contributed by atoms with Gasteiger partial charge in [0.1, 0.15) is 0 Å². The largest absolute Gasteiger partial charge is 0.192 e. The predicted molar refractivity (Wildman–Crippen MR) is 61.3 cm³/mol. The standard InChI is InChI=1S/C12H8BrN/c13-7-9-1-3-12-6-10(8-14)2-4-11(12)5-9/h1-6H,7H2. The van der Waals surface area contributed by atoms with Gasteiger partial charge in [-0.3, -0.25) is 0 Å². The molecule has 0 saturated carbocycles. The molecule has 14 heavy (non-hydrogen) atoms. The van der Waals surface area contributed by atoms with Crippen molar-refractivity contribution in [2.24, 2.45) is 0 Å². The Kier molecular flexibility index (Phi) is 2.51. The van der Waals surface area contributed by atoms with Crippen LogP contribution in [-0.4, -0.2) is 0 Å². The third kappa shape index (κ3) is 1.64. The van der Waals surface area contributed by atoms with Gasteiger partial charge in [-0.1, -0.05) is 40.2 Å². The fraction of sp³-hybridized carbons (Fsp3) is 0.0833. The average molecular weight is 246 g/mol. The van der Waals surface area contributed by atoms with Gasteiger partial charge in [0, 0.05) is 5.33 Å². The molecule has 0 aliphatic rings. The maximum absolute atomic E-state index is 8.74. The molecule has 0 bridgehead atoms. The summed E-state index contributed by atoms with van der Waals surface area (Å²) in [5.74, 6) is 0. The van der Waals surface area contributed by atoms with E-state index in [0.29, 0.717) is 5.56 Å². The quantitative estimate of drug-likeness (QED) is 0.705. The van der Waals surface area contributed by atoms with Crippen molar-refractivity contribution in [1.29, 1.82) is 5.26 Å². The molecule has 1 nitrogen and oxygen atoms in total. The number of benzene rings is 2. The molecule has 0 saturated heterocycles. The van der Waals surface area contributed by atoms with E-state index >= 15 is 0 Å². The number of hydrogen-bond acceptors (Lipinski definition) is 1. The molecular formula is C12H8BrN. The third-order valence-corrected chi connectivity index (χ3v) is 2.84. The van der Waals surface area contributed by atoms with Crippen LogP contribution in [0, 0.1) is 11.3 Å². The summed E-state index contributed by atoms with van der Waals surface area (Å²) >= 11 is 3.42. The van der Waals surface area contributed by atoms with Crippen LogP contribution in [0.1, 0.15) is 11.1 Å². The van der Waals surface area contributed by atoms with Crippen LogP contribution in [0.2, 0.25) is 0 Å². The number of nitrogens with zero attached hydrogens (tertiary/aromatic N) is 1. The first-order valence-electron chi connectivity index (χ1n) is 4.32. The van der Waals surface area contributed by atoms with E-state index in [0.717, 1.165) is 10.7 Å². The van der Waals surface area contributed by atoms with E-state index in [4.69, 9.17) is 5.26 Å². The highest BCUT2D eigenvalue weighted by Crippen LogP contribution is 2.18. The van der Waals surface area contributed by atoms with Crippen molar-refractivity contribution in [3.63, 3.8) is 0 Å². The highest BCUT2D eigenvalue weighted by molar-refractivity contribution is 9.08. The van der Waals surface area contributed by atoms with E-state index in [9.17, 15) is 0 Å². The summed E-state index contributed by atoms with van der Waals surface area (Å²) in [5, 5.41) is 11.9. The van der Waals surface area contributed by atoms with Crippen LogP contribution in [0.25, 0.3) is 10.8 Å². The van der Waals surface area contributed by atoms with Crippen molar-refractivity contribution < 1.29 is 0 Å². The lowest BCUT2D eigenvalue weighted by Gasteiger charge is -2.00. The Morgan fingerprint density at radius 2 is 1.79 bits per heavy atom. The summed E-state index contributed by atoms with van der Waals surface area (Å²) in [6.07, 6.45) is 0. The Morgan fingerprint density at radius 3 is 2.50 bits per heavy atom. The number of alkyl halides is 1. The molecular weight excluding hydrogens is 238 g/mol. The molecule has 2 aromatic carbocycles. The van der Waals surface area contributed by atoms with Crippen LogP contribution in [0.15, 0.2) is 36.4 Å². The highest BCUT2D eigenvalue weighted by atomic mass is 79.9. The molecule has 0 N–H and O–H groups in total. The smallest absolute Gasteiger partial charge is 0.0991 e. The predicted octanol–water partition coefficient (Wildman–Crippen LogP) is 3.61. The lowest BCUT2D eigenvalue weighted by atomic mass is 10.1. The zero-order valence-electron chi connectivity index (χ0n) is 7.50. The van der Waals surface area contributed by atoms with E-state index in [1.54, 1.807) is 0 Å². The number of nitriles is 1. The van der Waals surface area contributed by atoms with Crippen molar-refractivity contribution in [3.05, 3.63) is 47.5 Å². The van der Waals surface area contributed by atoms with E-state index < -0.39 is 0 Å². The minimum Gasteiger partial charge on any atom is -0.192 e. The van der Waals surface area contributed by atoms with Crippen LogP contribution >= 0.6 is 15.9 Å². The molecule has 2 rings (SSSR count). The van der Waals surface area contributed by atoms with Crippen molar-refractivity contribution >= 4 is 26.7 Å². The van der Waals surface area contributed by atoms with Gasteiger partial charge >= 0.3 is 0 Å². The molecule has 68 valence electrons. The van der Waals surface area contributed by atoms with Gasteiger partial charge in [0.05, 0.1) is 11.6 Å². The molecule has 0 fully saturated rings. The Morgan fingerprint density at radius 1 is 1.07 bits per heavy atom.